The highest BCUT2D eigenvalue weighted by Gasteiger charge is 2.55. The van der Waals surface area contributed by atoms with Crippen LogP contribution >= 0.6 is 0 Å². The van der Waals surface area contributed by atoms with Crippen molar-refractivity contribution < 1.29 is 23.8 Å². The van der Waals surface area contributed by atoms with Gasteiger partial charge in [-0.2, -0.15) is 0 Å². The number of carboxylic acid groups (broad SMARTS) is 1. The van der Waals surface area contributed by atoms with Gasteiger partial charge in [-0.3, -0.25) is 4.79 Å². The molecule has 2 fully saturated rings. The van der Waals surface area contributed by atoms with Crippen LogP contribution in [0.5, 0.6) is 5.75 Å². The van der Waals surface area contributed by atoms with Crippen molar-refractivity contribution in [3.8, 4) is 5.75 Å². The molecule has 3 rings (SSSR count). The van der Waals surface area contributed by atoms with Crippen molar-refractivity contribution in [1.29, 1.82) is 0 Å². The summed E-state index contributed by atoms with van der Waals surface area (Å²) in [6.45, 7) is 2.77. The summed E-state index contributed by atoms with van der Waals surface area (Å²) in [6, 6.07) is 3.53. The largest absolute Gasteiger partial charge is 0.492 e. The number of amides is 2. The Labute approximate surface area is 139 Å². The first kappa shape index (κ1) is 16.5. The molecule has 1 heterocycles. The fraction of sp³-hybridized carbons (Fsp3) is 0.529. The number of anilines is 1. The third kappa shape index (κ3) is 2.79. The molecule has 0 aromatic heterocycles. The summed E-state index contributed by atoms with van der Waals surface area (Å²) in [4.78, 5) is 25.8. The van der Waals surface area contributed by atoms with Crippen LogP contribution in [0, 0.1) is 17.2 Å². The molecule has 1 saturated carbocycles. The zero-order valence-electron chi connectivity index (χ0n) is 13.5. The van der Waals surface area contributed by atoms with Crippen LogP contribution in [0.1, 0.15) is 26.2 Å². The Hall–Kier alpha value is -2.31. The monoisotopic (exact) mass is 336 g/mol. The predicted octanol–water partition coefficient (Wildman–Crippen LogP) is 2.94. The smallest absolute Gasteiger partial charge is 0.321 e. The average Bonchev–Trinajstić information content (AvgIpc) is 3.08. The highest BCUT2D eigenvalue weighted by atomic mass is 19.1. The maximum atomic E-state index is 13.3. The Kier molecular flexibility index (Phi) is 4.34. The van der Waals surface area contributed by atoms with E-state index in [-0.39, 0.29) is 24.2 Å². The predicted molar refractivity (Wildman–Crippen MR) is 85.6 cm³/mol. The molecule has 7 heteroatoms. The molecule has 2 aliphatic rings. The quantitative estimate of drug-likeness (QED) is 0.886. The van der Waals surface area contributed by atoms with Gasteiger partial charge in [0, 0.05) is 19.2 Å². The molecule has 0 bridgehead atoms. The summed E-state index contributed by atoms with van der Waals surface area (Å²) in [6.07, 6.45) is 2.33. The number of nitrogens with one attached hydrogen (secondary N) is 1. The van der Waals surface area contributed by atoms with Gasteiger partial charge in [-0.1, -0.05) is 6.42 Å². The maximum Gasteiger partial charge on any atom is 0.321 e. The third-order valence-electron chi connectivity index (χ3n) is 5.07. The summed E-state index contributed by atoms with van der Waals surface area (Å²) in [5.41, 5.74) is -0.437. The molecule has 1 aliphatic heterocycles. The van der Waals surface area contributed by atoms with Crippen LogP contribution in [0.15, 0.2) is 18.2 Å². The van der Waals surface area contributed by atoms with Gasteiger partial charge in [-0.05, 0) is 37.8 Å². The van der Waals surface area contributed by atoms with Crippen LogP contribution in [0.4, 0.5) is 14.9 Å². The van der Waals surface area contributed by atoms with E-state index in [1.54, 1.807) is 6.92 Å². The van der Waals surface area contributed by atoms with Gasteiger partial charge in [0.05, 0.1) is 17.7 Å². The summed E-state index contributed by atoms with van der Waals surface area (Å²) in [7, 11) is 0. The number of fused-ring (bicyclic) bond motifs is 1. The number of aliphatic carboxylic acids is 1. The van der Waals surface area contributed by atoms with Crippen molar-refractivity contribution in [2.24, 2.45) is 11.3 Å². The fourth-order valence-electron chi connectivity index (χ4n) is 3.86. The SMILES string of the molecule is CCOc1cc(F)ccc1NC(=O)N1C[C@@H]2CCC[C@@]2(C(=O)O)C1. The first-order valence-electron chi connectivity index (χ1n) is 8.18. The van der Waals surface area contributed by atoms with E-state index in [0.29, 0.717) is 25.3 Å². The van der Waals surface area contributed by atoms with E-state index in [0.717, 1.165) is 12.8 Å². The number of rotatable bonds is 4. The molecule has 0 unspecified atom stereocenters. The van der Waals surface area contributed by atoms with Crippen LogP contribution in [-0.2, 0) is 4.79 Å². The minimum atomic E-state index is -0.822. The van der Waals surface area contributed by atoms with E-state index in [2.05, 4.69) is 5.32 Å². The Balaban J connectivity index is 1.74. The summed E-state index contributed by atoms with van der Waals surface area (Å²) < 4.78 is 18.7. The first-order chi connectivity index (χ1) is 11.5. The molecule has 0 radical (unpaired) electrons. The van der Waals surface area contributed by atoms with Crippen LogP contribution < -0.4 is 10.1 Å². The van der Waals surface area contributed by atoms with E-state index < -0.39 is 17.2 Å². The average molecular weight is 336 g/mol. The molecule has 130 valence electrons. The normalized spacial score (nSPS) is 25.4. The number of carbonyl (C=O) groups excluding carboxylic acids is 1. The zero-order valence-corrected chi connectivity index (χ0v) is 13.5. The lowest BCUT2D eigenvalue weighted by Crippen LogP contribution is -2.38. The maximum absolute atomic E-state index is 13.3. The second-order valence-electron chi connectivity index (χ2n) is 6.43. The molecule has 2 atom stereocenters. The fourth-order valence-corrected chi connectivity index (χ4v) is 3.86. The molecule has 1 saturated heterocycles. The highest BCUT2D eigenvalue weighted by molar-refractivity contribution is 5.92. The van der Waals surface area contributed by atoms with Crippen molar-refractivity contribution in [2.45, 2.75) is 26.2 Å². The lowest BCUT2D eigenvalue weighted by molar-refractivity contribution is -0.149. The Morgan fingerprint density at radius 3 is 2.96 bits per heavy atom. The molecule has 2 N–H and O–H groups in total. The number of benzene rings is 1. The van der Waals surface area contributed by atoms with E-state index in [1.165, 1.54) is 23.1 Å². The number of ether oxygens (including phenoxy) is 1. The van der Waals surface area contributed by atoms with Crippen molar-refractivity contribution in [3.05, 3.63) is 24.0 Å². The molecule has 1 aromatic rings. The zero-order chi connectivity index (χ0) is 17.3. The van der Waals surface area contributed by atoms with Crippen molar-refractivity contribution in [3.63, 3.8) is 0 Å². The van der Waals surface area contributed by atoms with E-state index in [4.69, 9.17) is 4.74 Å². The number of likely N-dealkylation sites (tertiary alicyclic amines) is 1. The van der Waals surface area contributed by atoms with Gasteiger partial charge in [-0.25, -0.2) is 9.18 Å². The highest BCUT2D eigenvalue weighted by Crippen LogP contribution is 2.49. The van der Waals surface area contributed by atoms with Crippen molar-refractivity contribution in [2.75, 3.05) is 25.0 Å². The molecule has 2 amide bonds. The number of hydrogen-bond acceptors (Lipinski definition) is 3. The van der Waals surface area contributed by atoms with Crippen molar-refractivity contribution in [1.82, 2.24) is 4.90 Å². The Bertz CT molecular complexity index is 666. The number of hydrogen-bond donors (Lipinski definition) is 2. The number of nitrogens with zero attached hydrogens (tertiary/aromatic N) is 1. The van der Waals surface area contributed by atoms with Gasteiger partial charge >= 0.3 is 12.0 Å². The number of urea groups is 1. The molecular formula is C17H21FN2O4. The van der Waals surface area contributed by atoms with Gasteiger partial charge in [0.25, 0.3) is 0 Å². The van der Waals surface area contributed by atoms with Crippen LogP contribution in [0.3, 0.4) is 0 Å². The van der Waals surface area contributed by atoms with Crippen LogP contribution in [0.2, 0.25) is 0 Å². The summed E-state index contributed by atoms with van der Waals surface area (Å²) >= 11 is 0. The topological polar surface area (TPSA) is 78.9 Å². The second kappa shape index (κ2) is 6.30. The van der Waals surface area contributed by atoms with Crippen LogP contribution in [-0.4, -0.2) is 41.7 Å². The van der Waals surface area contributed by atoms with Gasteiger partial charge in [0.2, 0.25) is 0 Å². The first-order valence-corrected chi connectivity index (χ1v) is 8.18. The van der Waals surface area contributed by atoms with Crippen LogP contribution in [0.25, 0.3) is 0 Å². The number of carboxylic acids is 1. The number of carbonyl (C=O) groups is 2. The standard InChI is InChI=1S/C17H21FN2O4/c1-2-24-14-8-12(18)5-6-13(14)19-16(23)20-9-11-4-3-7-17(11,10-20)15(21)22/h5-6,8,11H,2-4,7,9-10H2,1H3,(H,19,23)(H,21,22)/t11-,17+/m0/s1. The molecule has 0 spiro atoms. The molecule has 6 nitrogen and oxygen atoms in total. The lowest BCUT2D eigenvalue weighted by atomic mass is 9.81. The molecule has 24 heavy (non-hydrogen) atoms. The Morgan fingerprint density at radius 2 is 2.29 bits per heavy atom. The molecular weight excluding hydrogens is 315 g/mol. The number of halogens is 1. The minimum Gasteiger partial charge on any atom is -0.492 e. The third-order valence-corrected chi connectivity index (χ3v) is 5.07. The van der Waals surface area contributed by atoms with E-state index in [9.17, 15) is 19.1 Å². The Morgan fingerprint density at radius 1 is 1.50 bits per heavy atom. The minimum absolute atomic E-state index is 0.000306. The van der Waals surface area contributed by atoms with Gasteiger partial charge in [0.1, 0.15) is 11.6 Å². The summed E-state index contributed by atoms with van der Waals surface area (Å²) in [5, 5.41) is 12.3. The second-order valence-corrected chi connectivity index (χ2v) is 6.43. The molecule has 1 aliphatic carbocycles. The van der Waals surface area contributed by atoms with Crippen molar-refractivity contribution >= 4 is 17.7 Å². The van der Waals surface area contributed by atoms with E-state index >= 15 is 0 Å². The van der Waals surface area contributed by atoms with E-state index in [1.807, 2.05) is 0 Å². The van der Waals surface area contributed by atoms with Gasteiger partial charge in [0.15, 0.2) is 0 Å². The molecule has 1 aromatic carbocycles. The summed E-state index contributed by atoms with van der Waals surface area (Å²) in [5.74, 6) is -1.01. The lowest BCUT2D eigenvalue weighted by Gasteiger charge is -2.23. The van der Waals surface area contributed by atoms with Gasteiger partial charge < -0.3 is 20.1 Å². The van der Waals surface area contributed by atoms with Gasteiger partial charge in [-0.15, -0.1) is 0 Å².